The first-order valence-corrected chi connectivity index (χ1v) is 8.81. The Morgan fingerprint density at radius 1 is 1.48 bits per heavy atom. The van der Waals surface area contributed by atoms with Crippen molar-refractivity contribution >= 4 is 17.3 Å². The van der Waals surface area contributed by atoms with Crippen LogP contribution in [0.3, 0.4) is 0 Å². The first-order valence-electron chi connectivity index (χ1n) is 7.93. The lowest BCUT2D eigenvalue weighted by Gasteiger charge is -2.40. The number of nitrogens with zero attached hydrogens (tertiary/aromatic N) is 1. The fourth-order valence-electron chi connectivity index (χ4n) is 3.17. The minimum absolute atomic E-state index is 0.364. The normalized spacial score (nSPS) is 26.4. The first kappa shape index (κ1) is 16.5. The largest absolute Gasteiger partial charge is 0.481 e. The number of hydrogen-bond donors (Lipinski definition) is 1. The van der Waals surface area contributed by atoms with Gasteiger partial charge in [-0.3, -0.25) is 9.69 Å². The summed E-state index contributed by atoms with van der Waals surface area (Å²) in [5.41, 5.74) is -0.548. The Morgan fingerprint density at radius 3 is 2.62 bits per heavy atom. The summed E-state index contributed by atoms with van der Waals surface area (Å²) in [6.07, 6.45) is 3.71. The molecule has 0 unspecified atom stereocenters. The number of carbonyl (C=O) groups is 1. The highest BCUT2D eigenvalue weighted by molar-refractivity contribution is 7.09. The van der Waals surface area contributed by atoms with Gasteiger partial charge >= 0.3 is 5.97 Å². The van der Waals surface area contributed by atoms with Gasteiger partial charge in [-0.05, 0) is 56.9 Å². The van der Waals surface area contributed by atoms with Crippen molar-refractivity contribution in [2.24, 2.45) is 11.3 Å². The predicted molar refractivity (Wildman–Crippen MR) is 87.6 cm³/mol. The van der Waals surface area contributed by atoms with Crippen LogP contribution in [0, 0.1) is 11.3 Å². The molecule has 0 atom stereocenters. The van der Waals surface area contributed by atoms with Crippen LogP contribution in [0.5, 0.6) is 0 Å². The van der Waals surface area contributed by atoms with E-state index in [2.05, 4.69) is 43.2 Å². The third kappa shape index (κ3) is 4.07. The number of aliphatic carboxylic acids is 1. The van der Waals surface area contributed by atoms with Crippen molar-refractivity contribution in [3.8, 4) is 0 Å². The van der Waals surface area contributed by atoms with E-state index in [-0.39, 0.29) is 0 Å². The average Bonchev–Trinajstić information content (AvgIpc) is 2.93. The smallest absolute Gasteiger partial charge is 0.310 e. The Morgan fingerprint density at radius 2 is 2.14 bits per heavy atom. The summed E-state index contributed by atoms with van der Waals surface area (Å²) in [5.74, 6) is 0.0634. The average molecular weight is 309 g/mol. The van der Waals surface area contributed by atoms with Crippen LogP contribution in [0.4, 0.5) is 0 Å². The Balaban J connectivity index is 2.10. The molecule has 3 nitrogen and oxygen atoms in total. The molecule has 1 aliphatic rings. The molecule has 0 amide bonds. The molecule has 21 heavy (non-hydrogen) atoms. The molecule has 1 saturated carbocycles. The molecule has 1 N–H and O–H groups in total. The van der Waals surface area contributed by atoms with Gasteiger partial charge < -0.3 is 5.11 Å². The molecule has 4 heteroatoms. The first-order chi connectivity index (χ1) is 9.93. The number of carboxylic acid groups (broad SMARTS) is 1. The molecule has 0 spiro atoms. The van der Waals surface area contributed by atoms with Gasteiger partial charge in [-0.25, -0.2) is 0 Å². The summed E-state index contributed by atoms with van der Waals surface area (Å²) in [4.78, 5) is 15.6. The van der Waals surface area contributed by atoms with Crippen molar-refractivity contribution in [1.29, 1.82) is 0 Å². The molecule has 0 saturated heterocycles. The van der Waals surface area contributed by atoms with E-state index in [1.807, 2.05) is 0 Å². The molecule has 1 aromatic heterocycles. The van der Waals surface area contributed by atoms with Gasteiger partial charge in [-0.1, -0.05) is 13.0 Å². The van der Waals surface area contributed by atoms with Gasteiger partial charge in [0.05, 0.1) is 5.41 Å². The van der Waals surface area contributed by atoms with Crippen LogP contribution in [-0.2, 0) is 11.3 Å². The Bertz CT molecular complexity index is 447. The molecule has 0 radical (unpaired) electrons. The van der Waals surface area contributed by atoms with Gasteiger partial charge in [0.15, 0.2) is 0 Å². The summed E-state index contributed by atoms with van der Waals surface area (Å²) in [6, 6.07) is 4.56. The summed E-state index contributed by atoms with van der Waals surface area (Å²) < 4.78 is 0. The minimum atomic E-state index is -0.605. The maximum Gasteiger partial charge on any atom is 0.310 e. The van der Waals surface area contributed by atoms with Crippen LogP contribution in [-0.4, -0.2) is 28.6 Å². The van der Waals surface area contributed by atoms with E-state index in [9.17, 15) is 9.90 Å². The van der Waals surface area contributed by atoms with Crippen LogP contribution in [0.2, 0.25) is 0 Å². The van der Waals surface area contributed by atoms with Crippen molar-refractivity contribution in [1.82, 2.24) is 4.90 Å². The lowest BCUT2D eigenvalue weighted by molar-refractivity contribution is -0.153. The van der Waals surface area contributed by atoms with Crippen LogP contribution in [0.15, 0.2) is 17.5 Å². The zero-order valence-electron chi connectivity index (χ0n) is 13.3. The maximum absolute atomic E-state index is 11.9. The van der Waals surface area contributed by atoms with Gasteiger partial charge in [0.1, 0.15) is 0 Å². The van der Waals surface area contributed by atoms with E-state index >= 15 is 0 Å². The summed E-state index contributed by atoms with van der Waals surface area (Å²) in [7, 11) is 0. The van der Waals surface area contributed by atoms with Crippen molar-refractivity contribution in [2.75, 3.05) is 6.54 Å². The number of rotatable bonds is 6. The molecule has 1 aliphatic carbocycles. The van der Waals surface area contributed by atoms with Gasteiger partial charge in [0.2, 0.25) is 0 Å². The number of carboxylic acids is 1. The van der Waals surface area contributed by atoms with Crippen LogP contribution < -0.4 is 0 Å². The van der Waals surface area contributed by atoms with Gasteiger partial charge in [0, 0.05) is 24.0 Å². The van der Waals surface area contributed by atoms with Crippen molar-refractivity contribution < 1.29 is 9.90 Å². The van der Waals surface area contributed by atoms with Crippen molar-refractivity contribution in [3.05, 3.63) is 22.4 Å². The zero-order chi connectivity index (χ0) is 15.5. The zero-order valence-corrected chi connectivity index (χ0v) is 14.2. The summed E-state index contributed by atoms with van der Waals surface area (Å²) in [6.45, 7) is 8.09. The summed E-state index contributed by atoms with van der Waals surface area (Å²) in [5, 5.41) is 11.9. The van der Waals surface area contributed by atoms with E-state index in [1.54, 1.807) is 11.3 Å². The number of hydrogen-bond acceptors (Lipinski definition) is 3. The highest BCUT2D eigenvalue weighted by Gasteiger charge is 2.42. The molecule has 0 aliphatic heterocycles. The van der Waals surface area contributed by atoms with E-state index in [4.69, 9.17) is 0 Å². The standard InChI is InChI=1S/C17H27NO2S/c1-13(2)18(11-15-5-4-10-21-15)12-17(16(19)20)8-6-14(3)7-9-17/h4-5,10,13-14H,6-9,11-12H2,1-3H3,(H,19,20). The fourth-order valence-corrected chi connectivity index (χ4v) is 3.90. The van der Waals surface area contributed by atoms with Crippen molar-refractivity contribution in [2.45, 2.75) is 59.0 Å². The SMILES string of the molecule is CC1CCC(CN(Cc2cccs2)C(C)C)(C(=O)O)CC1. The minimum Gasteiger partial charge on any atom is -0.481 e. The fraction of sp³-hybridized carbons (Fsp3) is 0.706. The van der Waals surface area contributed by atoms with E-state index in [0.29, 0.717) is 18.5 Å². The monoisotopic (exact) mass is 309 g/mol. The Hall–Kier alpha value is -0.870. The highest BCUT2D eigenvalue weighted by atomic mass is 32.1. The molecule has 1 aromatic rings. The van der Waals surface area contributed by atoms with Gasteiger partial charge in [-0.15, -0.1) is 11.3 Å². The van der Waals surface area contributed by atoms with Gasteiger partial charge in [-0.2, -0.15) is 0 Å². The summed E-state index contributed by atoms with van der Waals surface area (Å²) >= 11 is 1.75. The molecule has 2 rings (SSSR count). The lowest BCUT2D eigenvalue weighted by atomic mass is 9.70. The molecule has 0 bridgehead atoms. The number of thiophene rings is 1. The molecular formula is C17H27NO2S. The quantitative estimate of drug-likeness (QED) is 0.854. The van der Waals surface area contributed by atoms with E-state index < -0.39 is 11.4 Å². The van der Waals surface area contributed by atoms with E-state index in [1.165, 1.54) is 4.88 Å². The molecule has 0 aromatic carbocycles. The Labute approximate surface area is 132 Å². The molecule has 1 fully saturated rings. The van der Waals surface area contributed by atoms with Crippen molar-refractivity contribution in [3.63, 3.8) is 0 Å². The van der Waals surface area contributed by atoms with Crippen LogP contribution in [0.1, 0.15) is 51.3 Å². The second-order valence-corrected chi connectivity index (χ2v) is 7.88. The highest BCUT2D eigenvalue weighted by Crippen LogP contribution is 2.40. The van der Waals surface area contributed by atoms with Crippen LogP contribution in [0.25, 0.3) is 0 Å². The maximum atomic E-state index is 11.9. The Kier molecular flexibility index (Phi) is 5.44. The lowest BCUT2D eigenvalue weighted by Crippen LogP contribution is -2.47. The third-order valence-electron chi connectivity index (χ3n) is 4.86. The molecule has 1 heterocycles. The van der Waals surface area contributed by atoms with Gasteiger partial charge in [0.25, 0.3) is 0 Å². The predicted octanol–water partition coefficient (Wildman–Crippen LogP) is 4.24. The second-order valence-electron chi connectivity index (χ2n) is 6.85. The molecule has 118 valence electrons. The second kappa shape index (κ2) is 6.93. The molecular weight excluding hydrogens is 282 g/mol. The topological polar surface area (TPSA) is 40.5 Å². The van der Waals surface area contributed by atoms with Crippen LogP contribution >= 0.6 is 11.3 Å². The van der Waals surface area contributed by atoms with E-state index in [0.717, 1.165) is 32.2 Å². The third-order valence-corrected chi connectivity index (χ3v) is 5.72.